The van der Waals surface area contributed by atoms with Crippen LogP contribution in [0, 0.1) is 0 Å². The molecule has 0 aliphatic carbocycles. The van der Waals surface area contributed by atoms with Gasteiger partial charge in [-0.1, -0.05) is 11.6 Å². The number of amides is 1. The fraction of sp³-hybridized carbons (Fsp3) is 0.250. The summed E-state index contributed by atoms with van der Waals surface area (Å²) in [5, 5.41) is 2.58. The number of hydrogen-bond donors (Lipinski definition) is 0. The number of pyridine rings is 1. The van der Waals surface area contributed by atoms with Crippen LogP contribution in [-0.2, 0) is 11.3 Å². The van der Waals surface area contributed by atoms with Crippen LogP contribution in [0.15, 0.2) is 36.0 Å². The molecule has 1 aliphatic heterocycles. The van der Waals surface area contributed by atoms with Crippen molar-refractivity contribution < 1.29 is 9.18 Å². The van der Waals surface area contributed by atoms with Gasteiger partial charge >= 0.3 is 0 Å². The van der Waals surface area contributed by atoms with Crippen molar-refractivity contribution in [2.45, 2.75) is 12.7 Å². The molecule has 1 amide bonds. The molecule has 0 aromatic carbocycles. The molecule has 118 valence electrons. The van der Waals surface area contributed by atoms with Crippen LogP contribution in [0.3, 0.4) is 0 Å². The van der Waals surface area contributed by atoms with Crippen LogP contribution in [0.5, 0.6) is 0 Å². The van der Waals surface area contributed by atoms with Gasteiger partial charge in [-0.05, 0) is 18.2 Å². The van der Waals surface area contributed by atoms with Crippen LogP contribution < -0.4 is 0 Å². The van der Waals surface area contributed by atoms with E-state index in [1.54, 1.807) is 17.5 Å². The molecular weight excluding hydrogens is 337 g/mol. The second kappa shape index (κ2) is 5.62. The van der Waals surface area contributed by atoms with E-state index >= 15 is 0 Å². The van der Waals surface area contributed by atoms with E-state index in [1.807, 2.05) is 34.3 Å². The maximum Gasteiger partial charge on any atom is 0.242 e. The minimum Gasteiger partial charge on any atom is -0.337 e. The standard InChI is InChI=1S/C16H13ClFN3OS/c17-11-4-15(23-9-11)10-3-14-13(19-5-10)1-2-20(14)8-16(22)21-6-12(18)7-21/h1-5,9,12H,6-8H2. The van der Waals surface area contributed by atoms with Crippen molar-refractivity contribution in [2.24, 2.45) is 0 Å². The van der Waals surface area contributed by atoms with Crippen molar-refractivity contribution >= 4 is 39.9 Å². The highest BCUT2D eigenvalue weighted by Gasteiger charge is 2.30. The SMILES string of the molecule is O=C(Cn1ccc2ncc(-c3cc(Cl)cs3)cc21)N1CC(F)C1. The van der Waals surface area contributed by atoms with Gasteiger partial charge in [0, 0.05) is 28.2 Å². The lowest BCUT2D eigenvalue weighted by molar-refractivity contribution is -0.138. The number of alkyl halides is 1. The van der Waals surface area contributed by atoms with E-state index in [0.717, 1.165) is 21.5 Å². The Hall–Kier alpha value is -1.92. The highest BCUT2D eigenvalue weighted by Crippen LogP contribution is 2.31. The third-order valence-corrected chi connectivity index (χ3v) is 5.29. The average molecular weight is 350 g/mol. The van der Waals surface area contributed by atoms with Crippen molar-refractivity contribution in [3.8, 4) is 10.4 Å². The summed E-state index contributed by atoms with van der Waals surface area (Å²) in [4.78, 5) is 19.2. The predicted octanol–water partition coefficient (Wildman–Crippen LogP) is 3.60. The molecule has 0 spiro atoms. The number of nitrogens with zero attached hydrogens (tertiary/aromatic N) is 3. The lowest BCUT2D eigenvalue weighted by Gasteiger charge is -2.34. The second-order valence-corrected chi connectivity index (χ2v) is 6.94. The van der Waals surface area contributed by atoms with Gasteiger partial charge in [-0.15, -0.1) is 11.3 Å². The van der Waals surface area contributed by atoms with Crippen molar-refractivity contribution in [1.82, 2.24) is 14.5 Å². The summed E-state index contributed by atoms with van der Waals surface area (Å²) in [5.74, 6) is -0.0685. The van der Waals surface area contributed by atoms with Crippen LogP contribution in [-0.4, -0.2) is 39.6 Å². The van der Waals surface area contributed by atoms with Gasteiger partial charge < -0.3 is 9.47 Å². The molecule has 4 heterocycles. The molecule has 3 aromatic heterocycles. The summed E-state index contributed by atoms with van der Waals surface area (Å²) in [6, 6.07) is 5.78. The zero-order chi connectivity index (χ0) is 16.0. The lowest BCUT2D eigenvalue weighted by atomic mass is 10.2. The first-order valence-corrected chi connectivity index (χ1v) is 8.47. The Labute approximate surface area is 141 Å². The number of fused-ring (bicyclic) bond motifs is 1. The molecule has 0 N–H and O–H groups in total. The van der Waals surface area contributed by atoms with E-state index < -0.39 is 6.17 Å². The second-order valence-electron chi connectivity index (χ2n) is 5.60. The Morgan fingerprint density at radius 3 is 2.96 bits per heavy atom. The fourth-order valence-corrected chi connectivity index (χ4v) is 3.73. The number of aromatic nitrogens is 2. The number of halogens is 2. The predicted molar refractivity (Wildman–Crippen MR) is 89.5 cm³/mol. The highest BCUT2D eigenvalue weighted by atomic mass is 35.5. The molecule has 7 heteroatoms. The Balaban J connectivity index is 1.63. The number of likely N-dealkylation sites (tertiary alicyclic amines) is 1. The van der Waals surface area contributed by atoms with Crippen LogP contribution in [0.4, 0.5) is 4.39 Å². The molecule has 23 heavy (non-hydrogen) atoms. The summed E-state index contributed by atoms with van der Waals surface area (Å²) < 4.78 is 14.7. The Kier molecular flexibility index (Phi) is 3.58. The molecule has 1 fully saturated rings. The molecule has 0 saturated carbocycles. The van der Waals surface area contributed by atoms with Gasteiger partial charge in [0.2, 0.25) is 5.91 Å². The van der Waals surface area contributed by atoms with Crippen molar-refractivity contribution in [2.75, 3.05) is 13.1 Å². The average Bonchev–Trinajstić information content (AvgIpc) is 3.10. The molecule has 0 bridgehead atoms. The first kappa shape index (κ1) is 14.7. The van der Waals surface area contributed by atoms with Gasteiger partial charge in [0.25, 0.3) is 0 Å². The number of rotatable bonds is 3. The van der Waals surface area contributed by atoms with E-state index in [1.165, 1.54) is 4.90 Å². The molecule has 3 aromatic rings. The van der Waals surface area contributed by atoms with Crippen molar-refractivity contribution in [3.05, 3.63) is 41.0 Å². The minimum absolute atomic E-state index is 0.0685. The summed E-state index contributed by atoms with van der Waals surface area (Å²) in [6.07, 6.45) is 2.77. The smallest absolute Gasteiger partial charge is 0.242 e. The molecule has 4 nitrogen and oxygen atoms in total. The van der Waals surface area contributed by atoms with E-state index in [2.05, 4.69) is 4.98 Å². The molecule has 0 unspecified atom stereocenters. The highest BCUT2D eigenvalue weighted by molar-refractivity contribution is 7.14. The van der Waals surface area contributed by atoms with Gasteiger partial charge in [-0.2, -0.15) is 0 Å². The van der Waals surface area contributed by atoms with Gasteiger partial charge in [-0.3, -0.25) is 9.78 Å². The Morgan fingerprint density at radius 1 is 1.43 bits per heavy atom. The molecule has 0 radical (unpaired) electrons. The summed E-state index contributed by atoms with van der Waals surface area (Å²) >= 11 is 7.53. The Bertz CT molecular complexity index is 884. The van der Waals surface area contributed by atoms with Gasteiger partial charge in [0.05, 0.1) is 29.1 Å². The first-order valence-electron chi connectivity index (χ1n) is 7.21. The van der Waals surface area contributed by atoms with Crippen molar-refractivity contribution in [3.63, 3.8) is 0 Å². The van der Waals surface area contributed by atoms with Crippen LogP contribution in [0.2, 0.25) is 5.02 Å². The molecule has 1 aliphatic rings. The monoisotopic (exact) mass is 349 g/mol. The zero-order valence-corrected chi connectivity index (χ0v) is 13.6. The van der Waals surface area contributed by atoms with E-state index in [0.29, 0.717) is 5.02 Å². The maximum absolute atomic E-state index is 12.9. The van der Waals surface area contributed by atoms with Crippen molar-refractivity contribution in [1.29, 1.82) is 0 Å². The van der Waals surface area contributed by atoms with Crippen LogP contribution in [0.1, 0.15) is 0 Å². The fourth-order valence-electron chi connectivity index (χ4n) is 2.67. The lowest BCUT2D eigenvalue weighted by Crippen LogP contribution is -2.52. The van der Waals surface area contributed by atoms with E-state index in [9.17, 15) is 9.18 Å². The molecule has 1 saturated heterocycles. The quantitative estimate of drug-likeness (QED) is 0.724. The minimum atomic E-state index is -0.878. The molecule has 0 atom stereocenters. The number of hydrogen-bond acceptors (Lipinski definition) is 3. The molecular formula is C16H13ClFN3OS. The largest absolute Gasteiger partial charge is 0.337 e. The number of carbonyl (C=O) groups is 1. The third-order valence-electron chi connectivity index (χ3n) is 3.97. The maximum atomic E-state index is 12.9. The number of carbonyl (C=O) groups excluding carboxylic acids is 1. The van der Waals surface area contributed by atoms with Gasteiger partial charge in [-0.25, -0.2) is 4.39 Å². The van der Waals surface area contributed by atoms with E-state index in [-0.39, 0.29) is 25.5 Å². The molecule has 4 rings (SSSR count). The third kappa shape index (κ3) is 2.72. The summed E-state index contributed by atoms with van der Waals surface area (Å²) in [5.41, 5.74) is 2.68. The Morgan fingerprint density at radius 2 is 2.26 bits per heavy atom. The summed E-state index contributed by atoms with van der Waals surface area (Å²) in [6.45, 7) is 0.608. The van der Waals surface area contributed by atoms with Crippen LogP contribution >= 0.6 is 22.9 Å². The normalized spacial score (nSPS) is 15.1. The van der Waals surface area contributed by atoms with Crippen LogP contribution in [0.25, 0.3) is 21.5 Å². The number of thiophene rings is 1. The van der Waals surface area contributed by atoms with Gasteiger partial charge in [0.15, 0.2) is 0 Å². The topological polar surface area (TPSA) is 38.1 Å². The zero-order valence-electron chi connectivity index (χ0n) is 12.1. The van der Waals surface area contributed by atoms with Gasteiger partial charge in [0.1, 0.15) is 12.7 Å². The van der Waals surface area contributed by atoms with E-state index in [4.69, 9.17) is 11.6 Å². The summed E-state index contributed by atoms with van der Waals surface area (Å²) in [7, 11) is 0. The first-order chi connectivity index (χ1) is 11.1.